The highest BCUT2D eigenvalue weighted by molar-refractivity contribution is 5.80. The van der Waals surface area contributed by atoms with E-state index in [1.54, 1.807) is 0 Å². The van der Waals surface area contributed by atoms with Gasteiger partial charge in [0.05, 0.1) is 6.04 Å². The highest BCUT2D eigenvalue weighted by atomic mass is 14.9. The van der Waals surface area contributed by atoms with Gasteiger partial charge in [-0.2, -0.15) is 0 Å². The Balaban J connectivity index is 4.13. The number of rotatable bonds is 4. The zero-order valence-electron chi connectivity index (χ0n) is 7.52. The Bertz CT molecular complexity index is 178. The van der Waals surface area contributed by atoms with Crippen LogP contribution >= 0.6 is 0 Å². The van der Waals surface area contributed by atoms with Crippen LogP contribution in [0.1, 0.15) is 20.8 Å². The highest BCUT2D eigenvalue weighted by Crippen LogP contribution is 1.99. The van der Waals surface area contributed by atoms with Gasteiger partial charge in [-0.1, -0.05) is 6.58 Å². The molecule has 0 aliphatic heterocycles. The molecule has 0 atom stereocenters. The van der Waals surface area contributed by atoms with Gasteiger partial charge in [0.2, 0.25) is 0 Å². The van der Waals surface area contributed by atoms with E-state index in [-0.39, 0.29) is 0 Å². The summed E-state index contributed by atoms with van der Waals surface area (Å²) in [5.74, 6) is 0. The summed E-state index contributed by atoms with van der Waals surface area (Å²) in [6.45, 7) is 9.89. The number of nitrogens with two attached hydrogens (primary N) is 1. The first-order valence-electron chi connectivity index (χ1n) is 3.79. The topological polar surface area (TPSA) is 40.5 Å². The van der Waals surface area contributed by atoms with Crippen LogP contribution in [-0.2, 0) is 0 Å². The van der Waals surface area contributed by atoms with Crippen molar-refractivity contribution in [2.75, 3.05) is 0 Å². The Hall–Kier alpha value is -0.890. The van der Waals surface area contributed by atoms with Gasteiger partial charge in [-0.3, -0.25) is 0 Å². The van der Waals surface area contributed by atoms with E-state index in [1.807, 2.05) is 13.1 Å². The molecule has 0 bridgehead atoms. The quantitative estimate of drug-likeness (QED) is 0.448. The summed E-state index contributed by atoms with van der Waals surface area (Å²) in [4.78, 5) is 0. The smallest absolute Gasteiger partial charge is 0.102 e. The Kier molecular flexibility index (Phi) is 4.46. The van der Waals surface area contributed by atoms with E-state index in [0.717, 1.165) is 11.1 Å². The average Bonchev–Trinajstić information content (AvgIpc) is 1.87. The molecule has 0 saturated heterocycles. The lowest BCUT2D eigenvalue weighted by atomic mass is 10.1. The molecular weight excluding hydrogens is 136 g/mol. The van der Waals surface area contributed by atoms with E-state index in [9.17, 15) is 0 Å². The maximum atomic E-state index is 7.06. The molecule has 0 amide bonds. The second-order valence-corrected chi connectivity index (χ2v) is 2.98. The zero-order valence-corrected chi connectivity index (χ0v) is 7.52. The number of allylic oxidation sites excluding steroid dienone is 2. The Morgan fingerprint density at radius 1 is 1.55 bits per heavy atom. The van der Waals surface area contributed by atoms with Crippen molar-refractivity contribution in [2.24, 2.45) is 0 Å². The molecule has 0 aromatic carbocycles. The average molecular weight is 153 g/mol. The van der Waals surface area contributed by atoms with Crippen molar-refractivity contribution >= 4 is 6.21 Å². The van der Waals surface area contributed by atoms with Crippen molar-refractivity contribution in [3.63, 3.8) is 0 Å². The largest absolute Gasteiger partial charge is 0.317 e. The highest BCUT2D eigenvalue weighted by Gasteiger charge is 1.96. The summed E-state index contributed by atoms with van der Waals surface area (Å²) < 4.78 is 0. The first-order chi connectivity index (χ1) is 5.07. The second kappa shape index (κ2) is 4.85. The van der Waals surface area contributed by atoms with Crippen molar-refractivity contribution in [3.05, 3.63) is 23.9 Å². The summed E-state index contributed by atoms with van der Waals surface area (Å²) >= 11 is 0. The standard InChI is InChI=1S/C9H16N2/c1-7(2)9(5-10)6-11-8(3)4/h5-6,8,10-11H,1H2,2-4H3/p+1/b9-6+,10-5?. The molecule has 0 aliphatic rings. The van der Waals surface area contributed by atoms with Crippen molar-refractivity contribution in [1.82, 2.24) is 0 Å². The SMILES string of the molecule is C=C(C)/C(C=N)=C/[NH2+]C(C)C. The summed E-state index contributed by atoms with van der Waals surface area (Å²) in [5, 5.41) is 9.13. The monoisotopic (exact) mass is 153 g/mol. The minimum atomic E-state index is 0.532. The van der Waals surface area contributed by atoms with Gasteiger partial charge in [-0.25, -0.2) is 0 Å². The van der Waals surface area contributed by atoms with E-state index in [0.29, 0.717) is 6.04 Å². The lowest BCUT2D eigenvalue weighted by Crippen LogP contribution is -2.83. The summed E-state index contributed by atoms with van der Waals surface area (Å²) in [6, 6.07) is 0.532. The maximum absolute atomic E-state index is 7.06. The van der Waals surface area contributed by atoms with Crippen molar-refractivity contribution in [2.45, 2.75) is 26.8 Å². The van der Waals surface area contributed by atoms with Crippen LogP contribution in [0.2, 0.25) is 0 Å². The molecule has 3 N–H and O–H groups in total. The Morgan fingerprint density at radius 2 is 2.09 bits per heavy atom. The fourth-order valence-electron chi connectivity index (χ4n) is 0.610. The van der Waals surface area contributed by atoms with Crippen LogP contribution in [0.4, 0.5) is 0 Å². The Morgan fingerprint density at radius 3 is 2.36 bits per heavy atom. The van der Waals surface area contributed by atoms with Crippen LogP contribution < -0.4 is 5.32 Å². The van der Waals surface area contributed by atoms with Gasteiger partial charge in [0.1, 0.15) is 6.20 Å². The summed E-state index contributed by atoms with van der Waals surface area (Å²) in [5.41, 5.74) is 1.84. The van der Waals surface area contributed by atoms with E-state index in [2.05, 4.69) is 25.7 Å². The van der Waals surface area contributed by atoms with Crippen molar-refractivity contribution in [3.8, 4) is 0 Å². The number of hydrogen-bond acceptors (Lipinski definition) is 1. The predicted molar refractivity (Wildman–Crippen MR) is 48.7 cm³/mol. The molecule has 2 nitrogen and oxygen atoms in total. The van der Waals surface area contributed by atoms with Crippen LogP contribution in [0.5, 0.6) is 0 Å². The second-order valence-electron chi connectivity index (χ2n) is 2.98. The minimum absolute atomic E-state index is 0.532. The van der Waals surface area contributed by atoms with Crippen molar-refractivity contribution in [1.29, 1.82) is 5.41 Å². The molecule has 0 unspecified atom stereocenters. The van der Waals surface area contributed by atoms with Crippen LogP contribution in [0.3, 0.4) is 0 Å². The number of nitrogens with one attached hydrogen (secondary N) is 1. The van der Waals surface area contributed by atoms with Crippen LogP contribution in [0, 0.1) is 5.41 Å². The minimum Gasteiger partial charge on any atom is -0.317 e. The zero-order chi connectivity index (χ0) is 8.85. The lowest BCUT2D eigenvalue weighted by molar-refractivity contribution is -0.619. The van der Waals surface area contributed by atoms with E-state index in [4.69, 9.17) is 5.41 Å². The molecule has 0 aromatic heterocycles. The lowest BCUT2D eigenvalue weighted by Gasteiger charge is -2.00. The molecule has 0 saturated carbocycles. The van der Waals surface area contributed by atoms with Gasteiger partial charge < -0.3 is 10.7 Å². The normalized spacial score (nSPS) is 11.8. The molecule has 0 spiro atoms. The molecule has 2 heteroatoms. The summed E-state index contributed by atoms with van der Waals surface area (Å²) in [6.07, 6.45) is 3.28. The molecule has 62 valence electrons. The number of quaternary nitrogens is 1. The summed E-state index contributed by atoms with van der Waals surface area (Å²) in [7, 11) is 0. The van der Waals surface area contributed by atoms with Crippen LogP contribution in [0.15, 0.2) is 23.9 Å². The van der Waals surface area contributed by atoms with Crippen LogP contribution in [-0.4, -0.2) is 12.3 Å². The third-order valence-corrected chi connectivity index (χ3v) is 1.31. The molecule has 0 aromatic rings. The molecule has 0 rings (SSSR count). The van der Waals surface area contributed by atoms with E-state index >= 15 is 0 Å². The fourth-order valence-corrected chi connectivity index (χ4v) is 0.610. The first kappa shape index (κ1) is 10.1. The molecular formula is C9H17N2+. The van der Waals surface area contributed by atoms with Crippen molar-refractivity contribution < 1.29 is 5.32 Å². The number of hydrogen-bond donors (Lipinski definition) is 2. The third-order valence-electron chi connectivity index (χ3n) is 1.31. The third kappa shape index (κ3) is 4.51. The molecule has 11 heavy (non-hydrogen) atoms. The van der Waals surface area contributed by atoms with Crippen LogP contribution in [0.25, 0.3) is 0 Å². The van der Waals surface area contributed by atoms with E-state index in [1.165, 1.54) is 6.21 Å². The van der Waals surface area contributed by atoms with Gasteiger partial charge in [0.15, 0.2) is 0 Å². The maximum Gasteiger partial charge on any atom is 0.102 e. The molecule has 0 fully saturated rings. The first-order valence-corrected chi connectivity index (χ1v) is 3.79. The molecule has 0 aliphatic carbocycles. The van der Waals surface area contributed by atoms with Gasteiger partial charge in [-0.05, 0) is 26.3 Å². The van der Waals surface area contributed by atoms with Gasteiger partial charge in [0.25, 0.3) is 0 Å². The van der Waals surface area contributed by atoms with E-state index < -0.39 is 0 Å². The predicted octanol–water partition coefficient (Wildman–Crippen LogP) is 1.07. The van der Waals surface area contributed by atoms with Gasteiger partial charge in [-0.15, -0.1) is 0 Å². The Labute approximate surface area is 68.5 Å². The fraction of sp³-hybridized carbons (Fsp3) is 0.444. The van der Waals surface area contributed by atoms with Gasteiger partial charge >= 0.3 is 0 Å². The molecule has 0 heterocycles. The molecule has 0 radical (unpaired) electrons. The van der Waals surface area contributed by atoms with Gasteiger partial charge in [0, 0.05) is 11.8 Å².